The van der Waals surface area contributed by atoms with Crippen LogP contribution in [0.15, 0.2) is 48.8 Å². The molecule has 0 radical (unpaired) electrons. The van der Waals surface area contributed by atoms with Crippen molar-refractivity contribution in [2.24, 2.45) is 0 Å². The van der Waals surface area contributed by atoms with Crippen molar-refractivity contribution < 1.29 is 4.79 Å². The first-order chi connectivity index (χ1) is 17.0. The van der Waals surface area contributed by atoms with Crippen LogP contribution in [0.4, 0.5) is 11.5 Å². The first-order valence-corrected chi connectivity index (χ1v) is 11.7. The largest absolute Gasteiger partial charge is 0.353 e. The summed E-state index contributed by atoms with van der Waals surface area (Å²) in [6.45, 7) is 5.35. The Morgan fingerprint density at radius 3 is 2.63 bits per heavy atom. The van der Waals surface area contributed by atoms with Gasteiger partial charge in [-0.2, -0.15) is 10.5 Å². The normalized spacial score (nSPS) is 16.1. The highest BCUT2D eigenvalue weighted by molar-refractivity contribution is 6.04. The molecule has 35 heavy (non-hydrogen) atoms. The molecule has 0 unspecified atom stereocenters. The van der Waals surface area contributed by atoms with Crippen LogP contribution in [0.5, 0.6) is 0 Å². The van der Waals surface area contributed by atoms with Crippen LogP contribution in [0.25, 0.3) is 11.1 Å². The number of amides is 1. The Morgan fingerprint density at radius 1 is 1.11 bits per heavy atom. The monoisotopic (exact) mass is 463 g/mol. The summed E-state index contributed by atoms with van der Waals surface area (Å²) in [5.74, 6) is 0.446. The smallest absolute Gasteiger partial charge is 0.255 e. The molecular formula is C27H25N7O. The predicted molar refractivity (Wildman–Crippen MR) is 133 cm³/mol. The molecule has 8 heteroatoms. The summed E-state index contributed by atoms with van der Waals surface area (Å²) >= 11 is 0. The molecule has 0 bridgehead atoms. The second-order valence-corrected chi connectivity index (χ2v) is 9.05. The van der Waals surface area contributed by atoms with Gasteiger partial charge in [0.25, 0.3) is 5.91 Å². The molecule has 174 valence electrons. The number of anilines is 2. The first kappa shape index (κ1) is 22.5. The highest BCUT2D eigenvalue weighted by atomic mass is 16.1. The molecule has 1 aliphatic heterocycles. The SMILES string of the molecule is Cc1ccc(NC(=O)c2ccnc(C3(C#N)CC3)c2)cc1-c1cnc(N2CCNCC2)c(C#N)c1. The van der Waals surface area contributed by atoms with E-state index in [0.717, 1.165) is 55.7 Å². The number of hydrogen-bond donors (Lipinski definition) is 2. The molecule has 8 nitrogen and oxygen atoms in total. The molecule has 0 atom stereocenters. The second-order valence-electron chi connectivity index (χ2n) is 9.05. The zero-order chi connectivity index (χ0) is 24.4. The number of nitriles is 2. The fourth-order valence-electron chi connectivity index (χ4n) is 4.41. The van der Waals surface area contributed by atoms with Crippen molar-refractivity contribution in [2.75, 3.05) is 36.4 Å². The van der Waals surface area contributed by atoms with E-state index in [1.807, 2.05) is 31.2 Å². The van der Waals surface area contributed by atoms with E-state index in [1.165, 1.54) is 0 Å². The molecule has 2 fully saturated rings. The van der Waals surface area contributed by atoms with Gasteiger partial charge in [0.1, 0.15) is 11.9 Å². The van der Waals surface area contributed by atoms with E-state index in [4.69, 9.17) is 0 Å². The van der Waals surface area contributed by atoms with Gasteiger partial charge in [-0.3, -0.25) is 9.78 Å². The minimum atomic E-state index is -0.546. The van der Waals surface area contributed by atoms with Gasteiger partial charge in [0.05, 0.1) is 22.7 Å². The third-order valence-electron chi connectivity index (χ3n) is 6.69. The number of hydrogen-bond acceptors (Lipinski definition) is 7. The van der Waals surface area contributed by atoms with Gasteiger partial charge >= 0.3 is 0 Å². The lowest BCUT2D eigenvalue weighted by Crippen LogP contribution is -2.44. The first-order valence-electron chi connectivity index (χ1n) is 11.7. The fourth-order valence-corrected chi connectivity index (χ4v) is 4.41. The Kier molecular flexibility index (Phi) is 5.90. The van der Waals surface area contributed by atoms with Crippen molar-refractivity contribution in [1.29, 1.82) is 10.5 Å². The number of pyridine rings is 2. The Balaban J connectivity index is 1.40. The van der Waals surface area contributed by atoms with E-state index in [9.17, 15) is 15.3 Å². The zero-order valence-electron chi connectivity index (χ0n) is 19.5. The molecule has 0 spiro atoms. The molecule has 1 aliphatic carbocycles. The number of benzene rings is 1. The van der Waals surface area contributed by atoms with E-state index in [0.29, 0.717) is 28.3 Å². The topological polar surface area (TPSA) is 118 Å². The lowest BCUT2D eigenvalue weighted by atomic mass is 9.99. The van der Waals surface area contributed by atoms with Gasteiger partial charge < -0.3 is 15.5 Å². The standard InChI is InChI=1S/C27H25N7O/c1-18-2-3-22(33-26(35)19-4-7-31-24(13-19)27(17-29)5-6-27)14-23(18)21-12-20(15-28)25(32-16-21)34-10-8-30-9-11-34/h2-4,7,12-14,16,30H,5-6,8-11H2,1H3,(H,33,35). The predicted octanol–water partition coefficient (Wildman–Crippen LogP) is 3.54. The number of carbonyl (C=O) groups excluding carboxylic acids is 1. The van der Waals surface area contributed by atoms with Gasteiger partial charge in [0, 0.05) is 55.4 Å². The molecule has 1 saturated heterocycles. The number of carbonyl (C=O) groups is 1. The number of piperazine rings is 1. The van der Waals surface area contributed by atoms with Crippen LogP contribution in [0.3, 0.4) is 0 Å². The fraction of sp³-hybridized carbons (Fsp3) is 0.296. The van der Waals surface area contributed by atoms with Crippen LogP contribution in [-0.2, 0) is 5.41 Å². The summed E-state index contributed by atoms with van der Waals surface area (Å²) in [5, 5.41) is 25.5. The van der Waals surface area contributed by atoms with E-state index in [2.05, 4.69) is 37.6 Å². The van der Waals surface area contributed by atoms with Crippen molar-refractivity contribution in [3.05, 3.63) is 71.2 Å². The van der Waals surface area contributed by atoms with Crippen LogP contribution in [-0.4, -0.2) is 42.1 Å². The summed E-state index contributed by atoms with van der Waals surface area (Å²) in [6.07, 6.45) is 4.92. The van der Waals surface area contributed by atoms with E-state index < -0.39 is 5.41 Å². The average Bonchev–Trinajstić information content (AvgIpc) is 3.71. The van der Waals surface area contributed by atoms with Crippen LogP contribution in [0.1, 0.15) is 40.0 Å². The van der Waals surface area contributed by atoms with Crippen LogP contribution >= 0.6 is 0 Å². The molecule has 3 heterocycles. The van der Waals surface area contributed by atoms with E-state index in [1.54, 1.807) is 24.5 Å². The third-order valence-corrected chi connectivity index (χ3v) is 6.69. The van der Waals surface area contributed by atoms with Crippen molar-refractivity contribution >= 4 is 17.4 Å². The molecular weight excluding hydrogens is 438 g/mol. The molecule has 2 aliphatic rings. The minimum Gasteiger partial charge on any atom is -0.353 e. The molecule has 2 aromatic heterocycles. The van der Waals surface area contributed by atoms with Crippen LogP contribution in [0, 0.1) is 29.6 Å². The van der Waals surface area contributed by atoms with E-state index >= 15 is 0 Å². The van der Waals surface area contributed by atoms with Crippen LogP contribution in [0.2, 0.25) is 0 Å². The molecule has 1 aromatic carbocycles. The summed E-state index contributed by atoms with van der Waals surface area (Å²) in [4.78, 5) is 24.0. The number of rotatable bonds is 5. The van der Waals surface area contributed by atoms with Gasteiger partial charge in [0.15, 0.2) is 0 Å². The number of aromatic nitrogens is 2. The molecule has 2 N–H and O–H groups in total. The molecule has 1 saturated carbocycles. The van der Waals surface area contributed by atoms with Crippen molar-refractivity contribution in [1.82, 2.24) is 15.3 Å². The highest BCUT2D eigenvalue weighted by Gasteiger charge is 2.46. The number of nitrogens with zero attached hydrogens (tertiary/aromatic N) is 5. The van der Waals surface area contributed by atoms with Gasteiger partial charge in [-0.15, -0.1) is 0 Å². The summed E-state index contributed by atoms with van der Waals surface area (Å²) in [6, 6.07) is 15.5. The lowest BCUT2D eigenvalue weighted by molar-refractivity contribution is 0.102. The van der Waals surface area contributed by atoms with Crippen molar-refractivity contribution in [2.45, 2.75) is 25.2 Å². The molecule has 5 rings (SSSR count). The summed E-state index contributed by atoms with van der Waals surface area (Å²) in [7, 11) is 0. The Morgan fingerprint density at radius 2 is 1.91 bits per heavy atom. The molecule has 3 aromatic rings. The maximum absolute atomic E-state index is 13.0. The zero-order valence-corrected chi connectivity index (χ0v) is 19.5. The minimum absolute atomic E-state index is 0.262. The molecule has 1 amide bonds. The van der Waals surface area contributed by atoms with E-state index in [-0.39, 0.29) is 5.91 Å². The third kappa shape index (κ3) is 4.44. The Labute approximate surface area is 204 Å². The maximum atomic E-state index is 13.0. The van der Waals surface area contributed by atoms with Gasteiger partial charge in [-0.1, -0.05) is 6.07 Å². The van der Waals surface area contributed by atoms with Crippen molar-refractivity contribution in [3.8, 4) is 23.3 Å². The van der Waals surface area contributed by atoms with Gasteiger partial charge in [-0.05, 0) is 61.2 Å². The van der Waals surface area contributed by atoms with Crippen LogP contribution < -0.4 is 15.5 Å². The quantitative estimate of drug-likeness (QED) is 0.594. The number of aryl methyl sites for hydroxylation is 1. The number of nitrogens with one attached hydrogen (secondary N) is 2. The maximum Gasteiger partial charge on any atom is 0.255 e. The van der Waals surface area contributed by atoms with Gasteiger partial charge in [0.2, 0.25) is 0 Å². The highest BCUT2D eigenvalue weighted by Crippen LogP contribution is 2.46. The Hall–Kier alpha value is -4.27. The summed E-state index contributed by atoms with van der Waals surface area (Å²) in [5.41, 5.74) is 4.48. The van der Waals surface area contributed by atoms with Gasteiger partial charge in [-0.25, -0.2) is 4.98 Å². The van der Waals surface area contributed by atoms with Crippen molar-refractivity contribution in [3.63, 3.8) is 0 Å². The summed E-state index contributed by atoms with van der Waals surface area (Å²) < 4.78 is 0. The lowest BCUT2D eigenvalue weighted by Gasteiger charge is -2.29. The Bertz CT molecular complexity index is 1380. The second kappa shape index (κ2) is 9.17. The average molecular weight is 464 g/mol.